The van der Waals surface area contributed by atoms with Crippen molar-refractivity contribution in [3.05, 3.63) is 29.6 Å². The number of rotatable bonds is 4. The number of anilines is 1. The minimum Gasteiger partial charge on any atom is -0.467 e. The first-order valence-corrected chi connectivity index (χ1v) is 5.19. The normalized spacial score (nSPS) is 12.0. The van der Waals surface area contributed by atoms with Crippen LogP contribution in [0.4, 0.5) is 10.1 Å². The van der Waals surface area contributed by atoms with E-state index >= 15 is 0 Å². The van der Waals surface area contributed by atoms with E-state index in [0.29, 0.717) is 12.1 Å². The lowest BCUT2D eigenvalue weighted by Crippen LogP contribution is -2.30. The third-order valence-corrected chi connectivity index (χ3v) is 2.43. The van der Waals surface area contributed by atoms with Gasteiger partial charge in [-0.3, -0.25) is 0 Å². The van der Waals surface area contributed by atoms with E-state index in [0.717, 1.165) is 5.56 Å². The van der Waals surface area contributed by atoms with Crippen molar-refractivity contribution >= 4 is 11.7 Å². The number of para-hydroxylation sites is 1. The number of ether oxygens (including phenoxy) is 1. The topological polar surface area (TPSA) is 38.3 Å². The third-order valence-electron chi connectivity index (χ3n) is 2.43. The van der Waals surface area contributed by atoms with Crippen molar-refractivity contribution in [3.63, 3.8) is 0 Å². The van der Waals surface area contributed by atoms with Gasteiger partial charge in [0, 0.05) is 0 Å². The molecule has 0 aromatic heterocycles. The molecule has 0 aliphatic carbocycles. The summed E-state index contributed by atoms with van der Waals surface area (Å²) in [5.41, 5.74) is 1.13. The maximum Gasteiger partial charge on any atom is 0.328 e. The molecule has 0 bridgehead atoms. The molecule has 88 valence electrons. The van der Waals surface area contributed by atoms with Crippen LogP contribution in [0, 0.1) is 12.7 Å². The Morgan fingerprint density at radius 3 is 2.75 bits per heavy atom. The number of benzene rings is 1. The molecule has 0 fully saturated rings. The maximum absolute atomic E-state index is 13.5. The number of methoxy groups -OCH3 is 1. The minimum atomic E-state index is -0.513. The number of carbonyl (C=O) groups excluding carboxylic acids is 1. The number of aryl methyl sites for hydroxylation is 1. The van der Waals surface area contributed by atoms with Gasteiger partial charge in [0.2, 0.25) is 0 Å². The third kappa shape index (κ3) is 2.72. The summed E-state index contributed by atoms with van der Waals surface area (Å²) in [5.74, 6) is -0.743. The Bertz CT molecular complexity index is 359. The van der Waals surface area contributed by atoms with Crippen molar-refractivity contribution in [1.29, 1.82) is 0 Å². The molecule has 0 aliphatic heterocycles. The van der Waals surface area contributed by atoms with Gasteiger partial charge in [0.05, 0.1) is 12.8 Å². The second-order valence-corrected chi connectivity index (χ2v) is 3.56. The van der Waals surface area contributed by atoms with Crippen LogP contribution in [-0.2, 0) is 9.53 Å². The van der Waals surface area contributed by atoms with Crippen molar-refractivity contribution < 1.29 is 13.9 Å². The van der Waals surface area contributed by atoms with Gasteiger partial charge in [-0.1, -0.05) is 19.1 Å². The molecule has 0 spiro atoms. The highest BCUT2D eigenvalue weighted by Gasteiger charge is 2.18. The van der Waals surface area contributed by atoms with Gasteiger partial charge in [-0.05, 0) is 25.0 Å². The fourth-order valence-corrected chi connectivity index (χ4v) is 1.46. The Kier molecular flexibility index (Phi) is 4.28. The van der Waals surface area contributed by atoms with Gasteiger partial charge in [-0.2, -0.15) is 0 Å². The van der Waals surface area contributed by atoms with E-state index in [1.54, 1.807) is 19.1 Å². The zero-order valence-electron chi connectivity index (χ0n) is 9.71. The molecule has 1 aromatic rings. The van der Waals surface area contributed by atoms with Crippen LogP contribution in [0.5, 0.6) is 0 Å². The molecule has 1 N–H and O–H groups in total. The van der Waals surface area contributed by atoms with E-state index in [9.17, 15) is 9.18 Å². The fourth-order valence-electron chi connectivity index (χ4n) is 1.46. The molecule has 0 saturated carbocycles. The van der Waals surface area contributed by atoms with Crippen LogP contribution in [0.1, 0.15) is 18.9 Å². The molecule has 1 atom stereocenters. The SMILES string of the molecule is CCC(Nc1c(C)cccc1F)C(=O)OC. The molecule has 1 rings (SSSR count). The van der Waals surface area contributed by atoms with Crippen molar-refractivity contribution in [2.24, 2.45) is 0 Å². The van der Waals surface area contributed by atoms with E-state index in [-0.39, 0.29) is 11.8 Å². The van der Waals surface area contributed by atoms with Crippen molar-refractivity contribution in [3.8, 4) is 0 Å². The van der Waals surface area contributed by atoms with E-state index in [2.05, 4.69) is 10.1 Å². The van der Waals surface area contributed by atoms with E-state index in [1.165, 1.54) is 13.2 Å². The summed E-state index contributed by atoms with van der Waals surface area (Å²) < 4.78 is 18.1. The van der Waals surface area contributed by atoms with Gasteiger partial charge in [0.25, 0.3) is 0 Å². The molecule has 4 heteroatoms. The van der Waals surface area contributed by atoms with Crippen LogP contribution >= 0.6 is 0 Å². The zero-order valence-corrected chi connectivity index (χ0v) is 9.71. The lowest BCUT2D eigenvalue weighted by molar-refractivity contribution is -0.141. The number of hydrogen-bond acceptors (Lipinski definition) is 3. The van der Waals surface area contributed by atoms with Crippen LogP contribution < -0.4 is 5.32 Å². The average Bonchev–Trinajstić information content (AvgIpc) is 2.28. The molecule has 0 amide bonds. The Morgan fingerprint density at radius 1 is 1.56 bits per heavy atom. The van der Waals surface area contributed by atoms with E-state index < -0.39 is 6.04 Å². The number of esters is 1. The number of halogens is 1. The first-order chi connectivity index (χ1) is 7.60. The van der Waals surface area contributed by atoms with Crippen LogP contribution in [-0.4, -0.2) is 19.1 Å². The molecule has 0 radical (unpaired) electrons. The largest absolute Gasteiger partial charge is 0.467 e. The Labute approximate surface area is 94.6 Å². The standard InChI is InChI=1S/C12H16FNO2/c1-4-10(12(15)16-3)14-11-8(2)6-5-7-9(11)13/h5-7,10,14H,4H2,1-3H3. The summed E-state index contributed by atoms with van der Waals surface area (Å²) in [5, 5.41) is 2.87. The lowest BCUT2D eigenvalue weighted by Gasteiger charge is -2.17. The maximum atomic E-state index is 13.5. The Morgan fingerprint density at radius 2 is 2.25 bits per heavy atom. The quantitative estimate of drug-likeness (QED) is 0.800. The van der Waals surface area contributed by atoms with Gasteiger partial charge >= 0.3 is 5.97 Å². The summed E-state index contributed by atoms with van der Waals surface area (Å²) >= 11 is 0. The van der Waals surface area contributed by atoms with Crippen molar-refractivity contribution in [2.45, 2.75) is 26.3 Å². The molecule has 1 unspecified atom stereocenters. The van der Waals surface area contributed by atoms with E-state index in [1.807, 2.05) is 6.92 Å². The lowest BCUT2D eigenvalue weighted by atomic mass is 10.1. The van der Waals surface area contributed by atoms with Gasteiger partial charge in [-0.25, -0.2) is 9.18 Å². The van der Waals surface area contributed by atoms with Gasteiger partial charge in [0.15, 0.2) is 0 Å². The van der Waals surface area contributed by atoms with E-state index in [4.69, 9.17) is 0 Å². The number of hydrogen-bond donors (Lipinski definition) is 1. The van der Waals surface area contributed by atoms with Crippen molar-refractivity contribution in [2.75, 3.05) is 12.4 Å². The molecule has 0 saturated heterocycles. The van der Waals surface area contributed by atoms with Crippen LogP contribution in [0.3, 0.4) is 0 Å². The van der Waals surface area contributed by atoms with Gasteiger partial charge < -0.3 is 10.1 Å². The van der Waals surface area contributed by atoms with Gasteiger partial charge in [0.1, 0.15) is 11.9 Å². The molecule has 1 aromatic carbocycles. The summed E-state index contributed by atoms with van der Waals surface area (Å²) in [6, 6.07) is 4.27. The predicted octanol–water partition coefficient (Wildman–Crippen LogP) is 2.50. The highest BCUT2D eigenvalue weighted by molar-refractivity contribution is 5.79. The van der Waals surface area contributed by atoms with Crippen LogP contribution in [0.2, 0.25) is 0 Å². The molecular formula is C12H16FNO2. The molecule has 0 heterocycles. The number of nitrogens with one attached hydrogen (secondary N) is 1. The summed E-state index contributed by atoms with van der Waals surface area (Å²) in [4.78, 5) is 11.4. The molecular weight excluding hydrogens is 209 g/mol. The molecule has 16 heavy (non-hydrogen) atoms. The fraction of sp³-hybridized carbons (Fsp3) is 0.417. The van der Waals surface area contributed by atoms with Gasteiger partial charge in [-0.15, -0.1) is 0 Å². The minimum absolute atomic E-state index is 0.359. The summed E-state index contributed by atoms with van der Waals surface area (Å²) in [7, 11) is 1.32. The molecule has 0 aliphatic rings. The zero-order chi connectivity index (χ0) is 12.1. The van der Waals surface area contributed by atoms with Crippen LogP contribution in [0.15, 0.2) is 18.2 Å². The Balaban J connectivity index is 2.90. The first kappa shape index (κ1) is 12.5. The smallest absolute Gasteiger partial charge is 0.328 e. The summed E-state index contributed by atoms with van der Waals surface area (Å²) in [6.07, 6.45) is 0.542. The molecule has 3 nitrogen and oxygen atoms in total. The first-order valence-electron chi connectivity index (χ1n) is 5.19. The second-order valence-electron chi connectivity index (χ2n) is 3.56. The summed E-state index contributed by atoms with van der Waals surface area (Å²) in [6.45, 7) is 3.63. The highest BCUT2D eigenvalue weighted by atomic mass is 19.1. The highest BCUT2D eigenvalue weighted by Crippen LogP contribution is 2.20. The van der Waals surface area contributed by atoms with Crippen LogP contribution in [0.25, 0.3) is 0 Å². The monoisotopic (exact) mass is 225 g/mol. The number of carbonyl (C=O) groups is 1. The van der Waals surface area contributed by atoms with Crippen molar-refractivity contribution in [1.82, 2.24) is 0 Å². The predicted molar refractivity (Wildman–Crippen MR) is 60.9 cm³/mol. The Hall–Kier alpha value is -1.58. The second kappa shape index (κ2) is 5.49. The average molecular weight is 225 g/mol.